The van der Waals surface area contributed by atoms with Gasteiger partial charge < -0.3 is 5.73 Å². The first-order valence-electron chi connectivity index (χ1n) is 4.72. The average molecular weight is 264 g/mol. The summed E-state index contributed by atoms with van der Waals surface area (Å²) in [5.41, 5.74) is 4.56. The van der Waals surface area contributed by atoms with Gasteiger partial charge in [-0.3, -0.25) is 9.59 Å². The minimum atomic E-state index is -0.423. The molecule has 0 bridgehead atoms. The lowest BCUT2D eigenvalue weighted by Crippen LogP contribution is -2.23. The van der Waals surface area contributed by atoms with E-state index in [1.165, 1.54) is 10.9 Å². The Labute approximate surface area is 102 Å². The number of aromatic nitrogens is 2. The number of halogens is 2. The van der Waals surface area contributed by atoms with Crippen LogP contribution in [0.2, 0.25) is 10.0 Å². The van der Waals surface area contributed by atoms with Crippen molar-refractivity contribution in [2.24, 2.45) is 5.73 Å². The Morgan fingerprint density at radius 2 is 2.12 bits per heavy atom. The first kappa shape index (κ1) is 13.0. The molecule has 1 aromatic heterocycles. The van der Waals surface area contributed by atoms with E-state index in [0.717, 1.165) is 0 Å². The van der Waals surface area contributed by atoms with E-state index in [-0.39, 0.29) is 16.0 Å². The molecule has 0 spiro atoms. The van der Waals surface area contributed by atoms with Gasteiger partial charge in [-0.05, 0) is 12.8 Å². The molecule has 7 heteroatoms. The zero-order valence-electron chi connectivity index (χ0n) is 8.45. The highest BCUT2D eigenvalue weighted by molar-refractivity contribution is 6.41. The fourth-order valence-electron chi connectivity index (χ4n) is 1.17. The van der Waals surface area contributed by atoms with E-state index in [0.29, 0.717) is 25.8 Å². The molecule has 2 N–H and O–H groups in total. The molecule has 88 valence electrons. The van der Waals surface area contributed by atoms with E-state index in [1.54, 1.807) is 0 Å². The van der Waals surface area contributed by atoms with Crippen LogP contribution in [-0.2, 0) is 11.3 Å². The minimum Gasteiger partial charge on any atom is -0.370 e. The Balaban J connectivity index is 2.58. The molecule has 0 saturated carbocycles. The third kappa shape index (κ3) is 3.50. The summed E-state index contributed by atoms with van der Waals surface area (Å²) in [6.45, 7) is 0.392. The minimum absolute atomic E-state index is 0.0356. The monoisotopic (exact) mass is 263 g/mol. The summed E-state index contributed by atoms with van der Waals surface area (Å²) in [5, 5.41) is 3.93. The predicted octanol–water partition coefficient (Wildman–Crippen LogP) is 1.21. The lowest BCUT2D eigenvalue weighted by atomic mass is 10.2. The Bertz CT molecular complexity index is 445. The number of primary amides is 1. The lowest BCUT2D eigenvalue weighted by molar-refractivity contribution is -0.118. The van der Waals surface area contributed by atoms with Crippen LogP contribution in [0.1, 0.15) is 19.3 Å². The molecule has 0 fully saturated rings. The first-order valence-corrected chi connectivity index (χ1v) is 5.47. The van der Waals surface area contributed by atoms with Crippen molar-refractivity contribution in [3.8, 4) is 0 Å². The summed E-state index contributed by atoms with van der Waals surface area (Å²) in [5.74, 6) is -0.352. The molecule has 5 nitrogen and oxygen atoms in total. The molecule has 0 aromatic carbocycles. The molecule has 0 unspecified atom stereocenters. The van der Waals surface area contributed by atoms with E-state index in [9.17, 15) is 9.59 Å². The zero-order chi connectivity index (χ0) is 12.1. The third-order valence-electron chi connectivity index (χ3n) is 1.99. The molecule has 1 aromatic rings. The molecule has 0 aliphatic heterocycles. The van der Waals surface area contributed by atoms with Gasteiger partial charge in [-0.25, -0.2) is 4.68 Å². The van der Waals surface area contributed by atoms with Crippen LogP contribution in [-0.4, -0.2) is 15.7 Å². The number of amides is 1. The van der Waals surface area contributed by atoms with Gasteiger partial charge in [0.1, 0.15) is 5.02 Å². The summed E-state index contributed by atoms with van der Waals surface area (Å²) in [4.78, 5) is 22.0. The van der Waals surface area contributed by atoms with Crippen molar-refractivity contribution in [2.75, 3.05) is 0 Å². The second-order valence-electron chi connectivity index (χ2n) is 3.26. The summed E-state index contributed by atoms with van der Waals surface area (Å²) in [7, 11) is 0. The standard InChI is InChI=1S/C9H11Cl2N3O2/c10-6-5-13-14(9(16)8(6)11)4-2-1-3-7(12)15/h5H,1-4H2,(H2,12,15). The van der Waals surface area contributed by atoms with Gasteiger partial charge in [-0.2, -0.15) is 5.10 Å². The fraction of sp³-hybridized carbons (Fsp3) is 0.444. The molecule has 0 radical (unpaired) electrons. The molecular weight excluding hydrogens is 253 g/mol. The number of unbranched alkanes of at least 4 members (excludes halogenated alkanes) is 1. The van der Waals surface area contributed by atoms with Crippen molar-refractivity contribution < 1.29 is 4.79 Å². The number of carbonyl (C=O) groups excluding carboxylic acids is 1. The van der Waals surface area contributed by atoms with Crippen molar-refractivity contribution in [3.05, 3.63) is 26.6 Å². The quantitative estimate of drug-likeness (QED) is 0.812. The molecule has 1 heterocycles. The molecule has 0 saturated heterocycles. The van der Waals surface area contributed by atoms with E-state index in [4.69, 9.17) is 28.9 Å². The highest BCUT2D eigenvalue weighted by atomic mass is 35.5. The Kier molecular flexibility index (Phi) is 4.76. The van der Waals surface area contributed by atoms with E-state index in [1.807, 2.05) is 0 Å². The number of carbonyl (C=O) groups is 1. The maximum atomic E-state index is 11.5. The highest BCUT2D eigenvalue weighted by Crippen LogP contribution is 2.14. The van der Waals surface area contributed by atoms with Gasteiger partial charge in [0, 0.05) is 13.0 Å². The van der Waals surface area contributed by atoms with Crippen LogP contribution in [0.4, 0.5) is 0 Å². The predicted molar refractivity (Wildman–Crippen MR) is 61.6 cm³/mol. The maximum absolute atomic E-state index is 11.5. The molecule has 1 amide bonds. The normalized spacial score (nSPS) is 10.4. The Morgan fingerprint density at radius 1 is 1.44 bits per heavy atom. The highest BCUT2D eigenvalue weighted by Gasteiger charge is 2.06. The van der Waals surface area contributed by atoms with Gasteiger partial charge in [0.25, 0.3) is 5.56 Å². The van der Waals surface area contributed by atoms with Crippen molar-refractivity contribution in [1.82, 2.24) is 9.78 Å². The van der Waals surface area contributed by atoms with Gasteiger partial charge in [0.05, 0.1) is 11.2 Å². The molecule has 0 aliphatic carbocycles. The van der Waals surface area contributed by atoms with Gasteiger partial charge in [0.2, 0.25) is 5.91 Å². The van der Waals surface area contributed by atoms with Gasteiger partial charge in [-0.1, -0.05) is 23.2 Å². The molecule has 16 heavy (non-hydrogen) atoms. The van der Waals surface area contributed by atoms with Crippen LogP contribution < -0.4 is 11.3 Å². The zero-order valence-corrected chi connectivity index (χ0v) is 9.96. The van der Waals surface area contributed by atoms with Gasteiger partial charge in [0.15, 0.2) is 0 Å². The number of hydrogen-bond donors (Lipinski definition) is 1. The smallest absolute Gasteiger partial charge is 0.287 e. The second-order valence-corrected chi connectivity index (χ2v) is 4.04. The largest absolute Gasteiger partial charge is 0.370 e. The number of hydrogen-bond acceptors (Lipinski definition) is 3. The maximum Gasteiger partial charge on any atom is 0.287 e. The van der Waals surface area contributed by atoms with Crippen LogP contribution in [0, 0.1) is 0 Å². The van der Waals surface area contributed by atoms with Crippen molar-refractivity contribution in [1.29, 1.82) is 0 Å². The molecule has 1 rings (SSSR count). The van der Waals surface area contributed by atoms with Crippen LogP contribution in [0.3, 0.4) is 0 Å². The molecule has 0 atom stereocenters. The van der Waals surface area contributed by atoms with Crippen LogP contribution in [0.15, 0.2) is 11.0 Å². The third-order valence-corrected chi connectivity index (χ3v) is 2.73. The number of nitrogens with zero attached hydrogens (tertiary/aromatic N) is 2. The van der Waals surface area contributed by atoms with E-state index < -0.39 is 5.56 Å². The number of rotatable bonds is 5. The summed E-state index contributed by atoms with van der Waals surface area (Å²) < 4.78 is 1.22. The number of nitrogens with two attached hydrogens (primary N) is 1. The van der Waals surface area contributed by atoms with Crippen LogP contribution >= 0.6 is 23.2 Å². The lowest BCUT2D eigenvalue weighted by Gasteiger charge is -2.04. The summed E-state index contributed by atoms with van der Waals surface area (Å²) >= 11 is 11.3. The Hall–Kier alpha value is -1.07. The summed E-state index contributed by atoms with van der Waals surface area (Å²) in [6, 6.07) is 0. The topological polar surface area (TPSA) is 78.0 Å². The Morgan fingerprint density at radius 3 is 2.75 bits per heavy atom. The van der Waals surface area contributed by atoms with Crippen molar-refractivity contribution >= 4 is 29.1 Å². The number of aryl methyl sites for hydroxylation is 1. The second kappa shape index (κ2) is 5.86. The molecule has 0 aliphatic rings. The average Bonchev–Trinajstić information content (AvgIpc) is 2.23. The van der Waals surface area contributed by atoms with E-state index >= 15 is 0 Å². The SMILES string of the molecule is NC(=O)CCCCn1ncc(Cl)c(Cl)c1=O. The molecular formula is C9H11Cl2N3O2. The van der Waals surface area contributed by atoms with Crippen molar-refractivity contribution in [3.63, 3.8) is 0 Å². The van der Waals surface area contributed by atoms with Crippen LogP contribution in [0.5, 0.6) is 0 Å². The van der Waals surface area contributed by atoms with E-state index in [2.05, 4.69) is 5.10 Å². The fourth-order valence-corrected chi connectivity index (χ4v) is 1.44. The van der Waals surface area contributed by atoms with Crippen molar-refractivity contribution in [2.45, 2.75) is 25.8 Å². The van der Waals surface area contributed by atoms with Gasteiger partial charge in [-0.15, -0.1) is 0 Å². The van der Waals surface area contributed by atoms with Crippen LogP contribution in [0.25, 0.3) is 0 Å². The first-order chi connectivity index (χ1) is 7.52. The summed E-state index contributed by atoms with van der Waals surface area (Å²) in [6.07, 6.45) is 2.87. The van der Waals surface area contributed by atoms with Gasteiger partial charge >= 0.3 is 0 Å².